The van der Waals surface area contributed by atoms with Crippen LogP contribution >= 0.6 is 11.3 Å². The lowest BCUT2D eigenvalue weighted by Crippen LogP contribution is -2.23. The van der Waals surface area contributed by atoms with Gasteiger partial charge in [0.15, 0.2) is 6.61 Å². The molecule has 3 heterocycles. The summed E-state index contributed by atoms with van der Waals surface area (Å²) in [5, 5.41) is 12.3. The van der Waals surface area contributed by atoms with Gasteiger partial charge in [-0.15, -0.1) is 11.3 Å². The average molecular weight is 387 g/mol. The molecule has 1 N–H and O–H groups in total. The van der Waals surface area contributed by atoms with Crippen molar-refractivity contribution in [1.29, 1.82) is 0 Å². The summed E-state index contributed by atoms with van der Waals surface area (Å²) in [4.78, 5) is 25.9. The third-order valence-electron chi connectivity index (χ3n) is 4.84. The van der Waals surface area contributed by atoms with Gasteiger partial charge in [-0.25, -0.2) is 9.48 Å². The van der Waals surface area contributed by atoms with E-state index in [0.717, 1.165) is 28.8 Å². The molecule has 1 aliphatic carbocycles. The Hall–Kier alpha value is -2.68. The predicted molar refractivity (Wildman–Crippen MR) is 102 cm³/mol. The molecule has 8 nitrogen and oxygen atoms in total. The van der Waals surface area contributed by atoms with Crippen LogP contribution in [0, 0.1) is 6.92 Å². The number of aryl methyl sites for hydroxylation is 2. The normalized spacial score (nSPS) is 14.7. The van der Waals surface area contributed by atoms with Gasteiger partial charge < -0.3 is 10.1 Å². The lowest BCUT2D eigenvalue weighted by molar-refractivity contribution is -0.119. The number of carbonyl (C=O) groups excluding carboxylic acids is 2. The minimum Gasteiger partial charge on any atom is -0.451 e. The van der Waals surface area contributed by atoms with E-state index in [1.165, 1.54) is 24.2 Å². The summed E-state index contributed by atoms with van der Waals surface area (Å²) >= 11 is 1.31. The first kappa shape index (κ1) is 17.7. The van der Waals surface area contributed by atoms with Crippen LogP contribution in [0.1, 0.15) is 47.1 Å². The second-order valence-electron chi connectivity index (χ2n) is 6.76. The number of carbonyl (C=O) groups is 2. The SMILES string of the molecule is Cc1nn(C)c2sc(C(=O)OCC(=O)Nc3ccnn3C3CCCC3)cc12. The molecule has 0 spiro atoms. The average Bonchev–Trinajstić information content (AvgIpc) is 3.40. The molecule has 0 aliphatic heterocycles. The number of ether oxygens (including phenoxy) is 1. The Labute approximate surface area is 160 Å². The highest BCUT2D eigenvalue weighted by Crippen LogP contribution is 2.31. The van der Waals surface area contributed by atoms with Crippen LogP contribution in [0.25, 0.3) is 10.2 Å². The minimum atomic E-state index is -0.505. The van der Waals surface area contributed by atoms with Crippen molar-refractivity contribution >= 4 is 39.2 Å². The summed E-state index contributed by atoms with van der Waals surface area (Å²) < 4.78 is 8.78. The molecule has 0 atom stereocenters. The van der Waals surface area contributed by atoms with Gasteiger partial charge in [0.05, 0.1) is 17.9 Å². The van der Waals surface area contributed by atoms with E-state index in [0.29, 0.717) is 16.7 Å². The molecular weight excluding hydrogens is 366 g/mol. The highest BCUT2D eigenvalue weighted by molar-refractivity contribution is 7.20. The molecule has 1 aliphatic rings. The van der Waals surface area contributed by atoms with E-state index >= 15 is 0 Å². The lowest BCUT2D eigenvalue weighted by atomic mass is 10.2. The van der Waals surface area contributed by atoms with Gasteiger partial charge in [0.25, 0.3) is 5.91 Å². The fraction of sp³-hybridized carbons (Fsp3) is 0.444. The summed E-state index contributed by atoms with van der Waals surface area (Å²) in [6, 6.07) is 3.85. The van der Waals surface area contributed by atoms with Crippen molar-refractivity contribution < 1.29 is 14.3 Å². The Kier molecular flexibility index (Phi) is 4.69. The number of nitrogens with zero attached hydrogens (tertiary/aromatic N) is 4. The van der Waals surface area contributed by atoms with Crippen molar-refractivity contribution in [2.75, 3.05) is 11.9 Å². The summed E-state index contributed by atoms with van der Waals surface area (Å²) in [5.74, 6) is -0.233. The van der Waals surface area contributed by atoms with Crippen LogP contribution in [0.3, 0.4) is 0 Å². The zero-order valence-corrected chi connectivity index (χ0v) is 16.1. The molecule has 0 saturated heterocycles. The van der Waals surface area contributed by atoms with E-state index < -0.39 is 5.97 Å². The fourth-order valence-corrected chi connectivity index (χ4v) is 4.56. The number of amides is 1. The molecule has 9 heteroatoms. The smallest absolute Gasteiger partial charge is 0.348 e. The maximum absolute atomic E-state index is 12.3. The van der Waals surface area contributed by atoms with E-state index in [1.807, 2.05) is 18.7 Å². The molecule has 0 unspecified atom stereocenters. The number of esters is 1. The molecule has 142 valence electrons. The quantitative estimate of drug-likeness (QED) is 0.680. The largest absolute Gasteiger partial charge is 0.451 e. The highest BCUT2D eigenvalue weighted by atomic mass is 32.1. The number of thiophene rings is 1. The molecule has 1 amide bonds. The van der Waals surface area contributed by atoms with Crippen LogP contribution in [-0.2, 0) is 16.6 Å². The van der Waals surface area contributed by atoms with Gasteiger partial charge in [-0.3, -0.25) is 9.48 Å². The van der Waals surface area contributed by atoms with Gasteiger partial charge in [0.2, 0.25) is 0 Å². The Bertz CT molecular complexity index is 962. The molecule has 0 bridgehead atoms. The number of hydrogen-bond acceptors (Lipinski definition) is 6. The summed E-state index contributed by atoms with van der Waals surface area (Å²) in [6.07, 6.45) is 6.17. The molecular formula is C18H21N5O3S. The van der Waals surface area contributed by atoms with E-state index in [1.54, 1.807) is 23.0 Å². The first-order valence-electron chi connectivity index (χ1n) is 8.96. The zero-order valence-electron chi connectivity index (χ0n) is 15.3. The van der Waals surface area contributed by atoms with Crippen LogP contribution in [-0.4, -0.2) is 38.0 Å². The predicted octanol–water partition coefficient (Wildman–Crippen LogP) is 3.05. The summed E-state index contributed by atoms with van der Waals surface area (Å²) in [6.45, 7) is 1.56. The van der Waals surface area contributed by atoms with Gasteiger partial charge in [0, 0.05) is 18.5 Å². The zero-order chi connectivity index (χ0) is 19.0. The van der Waals surface area contributed by atoms with Crippen LogP contribution < -0.4 is 5.32 Å². The lowest BCUT2D eigenvalue weighted by Gasteiger charge is -2.14. The van der Waals surface area contributed by atoms with E-state index in [-0.39, 0.29) is 12.5 Å². The third-order valence-corrected chi connectivity index (χ3v) is 6.02. The number of hydrogen-bond donors (Lipinski definition) is 1. The second kappa shape index (κ2) is 7.15. The second-order valence-corrected chi connectivity index (χ2v) is 7.79. The monoisotopic (exact) mass is 387 g/mol. The van der Waals surface area contributed by atoms with Crippen molar-refractivity contribution in [2.45, 2.75) is 38.6 Å². The molecule has 1 fully saturated rings. The van der Waals surface area contributed by atoms with Gasteiger partial charge in [0.1, 0.15) is 15.5 Å². The number of anilines is 1. The maximum Gasteiger partial charge on any atom is 0.348 e. The first-order valence-corrected chi connectivity index (χ1v) is 9.78. The van der Waals surface area contributed by atoms with Crippen molar-refractivity contribution in [2.24, 2.45) is 7.05 Å². The summed E-state index contributed by atoms with van der Waals surface area (Å²) in [5.41, 5.74) is 0.862. The van der Waals surface area contributed by atoms with Crippen LogP contribution in [0.4, 0.5) is 5.82 Å². The molecule has 0 aromatic carbocycles. The molecule has 3 aromatic rings. The van der Waals surface area contributed by atoms with Crippen molar-refractivity contribution in [3.63, 3.8) is 0 Å². The van der Waals surface area contributed by atoms with E-state index in [4.69, 9.17) is 4.74 Å². The Morgan fingerprint density at radius 3 is 2.89 bits per heavy atom. The van der Waals surface area contributed by atoms with E-state index in [9.17, 15) is 9.59 Å². The number of fused-ring (bicyclic) bond motifs is 1. The summed E-state index contributed by atoms with van der Waals surface area (Å²) in [7, 11) is 1.84. The van der Waals surface area contributed by atoms with Crippen LogP contribution in [0.2, 0.25) is 0 Å². The highest BCUT2D eigenvalue weighted by Gasteiger charge is 2.21. The standard InChI is InChI=1S/C18H21N5O3S/c1-11-13-9-14(27-17(13)22(2)21-11)18(25)26-10-16(24)20-15-7-8-19-23(15)12-5-3-4-6-12/h7-9,12H,3-6,10H2,1-2H3,(H,20,24). The van der Waals surface area contributed by atoms with E-state index in [2.05, 4.69) is 15.5 Å². The number of rotatable bonds is 5. The van der Waals surface area contributed by atoms with Crippen LogP contribution in [0.5, 0.6) is 0 Å². The Morgan fingerprint density at radius 1 is 1.37 bits per heavy atom. The van der Waals surface area contributed by atoms with Gasteiger partial charge >= 0.3 is 5.97 Å². The van der Waals surface area contributed by atoms with Crippen molar-refractivity contribution in [3.8, 4) is 0 Å². The van der Waals surface area contributed by atoms with Gasteiger partial charge in [-0.05, 0) is 25.8 Å². The fourth-order valence-electron chi connectivity index (χ4n) is 3.54. The molecule has 1 saturated carbocycles. The third kappa shape index (κ3) is 3.46. The number of nitrogens with one attached hydrogen (secondary N) is 1. The minimum absolute atomic E-state index is 0.327. The molecule has 4 rings (SSSR count). The number of aromatic nitrogens is 4. The first-order chi connectivity index (χ1) is 13.0. The Morgan fingerprint density at radius 2 is 2.15 bits per heavy atom. The molecule has 27 heavy (non-hydrogen) atoms. The Balaban J connectivity index is 1.37. The topological polar surface area (TPSA) is 91.0 Å². The van der Waals surface area contributed by atoms with Crippen molar-refractivity contribution in [1.82, 2.24) is 19.6 Å². The van der Waals surface area contributed by atoms with Crippen molar-refractivity contribution in [3.05, 3.63) is 28.9 Å². The van der Waals surface area contributed by atoms with Crippen LogP contribution in [0.15, 0.2) is 18.3 Å². The van der Waals surface area contributed by atoms with Gasteiger partial charge in [-0.2, -0.15) is 10.2 Å². The van der Waals surface area contributed by atoms with Gasteiger partial charge in [-0.1, -0.05) is 12.8 Å². The maximum atomic E-state index is 12.3. The molecule has 0 radical (unpaired) electrons. The molecule has 3 aromatic heterocycles.